The van der Waals surface area contributed by atoms with Gasteiger partial charge in [-0.1, -0.05) is 6.07 Å². The molecular weight excluding hydrogens is 249 g/mol. The molecule has 0 saturated carbocycles. The molecule has 4 nitrogen and oxygen atoms in total. The van der Waals surface area contributed by atoms with E-state index in [0.29, 0.717) is 11.6 Å². The van der Waals surface area contributed by atoms with Gasteiger partial charge in [0.25, 0.3) is 5.56 Å². The fourth-order valence-electron chi connectivity index (χ4n) is 1.54. The third-order valence-corrected chi connectivity index (χ3v) is 2.32. The predicted octanol–water partition coefficient (Wildman–Crippen LogP) is 1.86. The van der Waals surface area contributed by atoms with E-state index in [1.165, 1.54) is 19.4 Å². The van der Waals surface area contributed by atoms with Gasteiger partial charge in [0.1, 0.15) is 5.65 Å². The van der Waals surface area contributed by atoms with Crippen LogP contribution in [0, 0.1) is 0 Å². The highest BCUT2D eigenvalue weighted by Crippen LogP contribution is 2.26. The molecule has 0 aliphatic rings. The predicted molar refractivity (Wildman–Crippen MR) is 57.2 cm³/mol. The lowest BCUT2D eigenvalue weighted by Crippen LogP contribution is -2.20. The van der Waals surface area contributed by atoms with Crippen molar-refractivity contribution in [3.05, 3.63) is 46.0 Å². The molecule has 7 heteroatoms. The van der Waals surface area contributed by atoms with Gasteiger partial charge in [-0.3, -0.25) is 9.20 Å². The summed E-state index contributed by atoms with van der Waals surface area (Å²) in [6, 6.07) is 3.39. The summed E-state index contributed by atoms with van der Waals surface area (Å²) < 4.78 is 43.3. The van der Waals surface area contributed by atoms with Crippen LogP contribution in [0.4, 0.5) is 13.2 Å². The van der Waals surface area contributed by atoms with Crippen molar-refractivity contribution in [3.8, 4) is 0 Å². The lowest BCUT2D eigenvalue weighted by Gasteiger charge is -2.08. The van der Waals surface area contributed by atoms with Crippen molar-refractivity contribution < 1.29 is 17.9 Å². The SMILES string of the molecule is COCc1ccc2nc(C(F)(F)F)cc(=O)n2c1. The fraction of sp³-hybridized carbons (Fsp3) is 0.273. The van der Waals surface area contributed by atoms with Gasteiger partial charge in [-0.25, -0.2) is 4.98 Å². The number of methoxy groups -OCH3 is 1. The molecule has 0 atom stereocenters. The summed E-state index contributed by atoms with van der Waals surface area (Å²) in [6.07, 6.45) is -3.21. The van der Waals surface area contributed by atoms with Crippen LogP contribution >= 0.6 is 0 Å². The second kappa shape index (κ2) is 4.41. The molecule has 2 aromatic rings. The van der Waals surface area contributed by atoms with Gasteiger partial charge < -0.3 is 4.74 Å². The third-order valence-electron chi connectivity index (χ3n) is 2.32. The van der Waals surface area contributed by atoms with Gasteiger partial charge in [0, 0.05) is 19.4 Å². The third kappa shape index (κ3) is 2.35. The van der Waals surface area contributed by atoms with Crippen LogP contribution < -0.4 is 5.56 Å². The van der Waals surface area contributed by atoms with E-state index in [1.807, 2.05) is 0 Å². The topological polar surface area (TPSA) is 43.6 Å². The molecule has 0 aromatic carbocycles. The van der Waals surface area contributed by atoms with Gasteiger partial charge >= 0.3 is 6.18 Å². The van der Waals surface area contributed by atoms with Crippen LogP contribution in [-0.2, 0) is 17.5 Å². The van der Waals surface area contributed by atoms with E-state index in [9.17, 15) is 18.0 Å². The standard InChI is InChI=1S/C11H9F3N2O2/c1-18-6-7-2-3-9-15-8(11(12,13)14)4-10(17)16(9)5-7/h2-5H,6H2,1H3. The Hall–Kier alpha value is -1.89. The molecule has 0 spiro atoms. The minimum atomic E-state index is -4.63. The smallest absolute Gasteiger partial charge is 0.380 e. The zero-order valence-electron chi connectivity index (χ0n) is 9.36. The van der Waals surface area contributed by atoms with Crippen LogP contribution in [0.25, 0.3) is 5.65 Å². The number of ether oxygens (including phenoxy) is 1. The number of hydrogen-bond donors (Lipinski definition) is 0. The van der Waals surface area contributed by atoms with Crippen LogP contribution in [-0.4, -0.2) is 16.5 Å². The second-order valence-electron chi connectivity index (χ2n) is 3.68. The van der Waals surface area contributed by atoms with Crippen molar-refractivity contribution in [2.24, 2.45) is 0 Å². The molecule has 0 N–H and O–H groups in total. The number of hydrogen-bond acceptors (Lipinski definition) is 3. The highest BCUT2D eigenvalue weighted by atomic mass is 19.4. The van der Waals surface area contributed by atoms with Crippen molar-refractivity contribution in [3.63, 3.8) is 0 Å². The molecule has 0 saturated heterocycles. The van der Waals surface area contributed by atoms with E-state index >= 15 is 0 Å². The van der Waals surface area contributed by atoms with E-state index in [1.54, 1.807) is 6.07 Å². The molecule has 0 unspecified atom stereocenters. The first-order valence-electron chi connectivity index (χ1n) is 5.00. The van der Waals surface area contributed by atoms with E-state index in [2.05, 4.69) is 4.98 Å². The number of fused-ring (bicyclic) bond motifs is 1. The van der Waals surface area contributed by atoms with Crippen molar-refractivity contribution in [2.75, 3.05) is 7.11 Å². The molecule has 0 aliphatic carbocycles. The van der Waals surface area contributed by atoms with Crippen LogP contribution in [0.5, 0.6) is 0 Å². The summed E-state index contributed by atoms with van der Waals surface area (Å²) in [7, 11) is 1.48. The molecule has 0 amide bonds. The number of nitrogens with zero attached hydrogens (tertiary/aromatic N) is 2. The fourth-order valence-corrected chi connectivity index (χ4v) is 1.54. The highest BCUT2D eigenvalue weighted by Gasteiger charge is 2.33. The average Bonchev–Trinajstić information content (AvgIpc) is 2.29. The van der Waals surface area contributed by atoms with Crippen molar-refractivity contribution in [1.82, 2.24) is 9.38 Å². The van der Waals surface area contributed by atoms with Gasteiger partial charge in [-0.05, 0) is 11.6 Å². The maximum atomic E-state index is 12.5. The second-order valence-corrected chi connectivity index (χ2v) is 3.68. The Bertz CT molecular complexity index is 634. The summed E-state index contributed by atoms with van der Waals surface area (Å²) in [5.74, 6) is 0. The molecule has 0 radical (unpaired) electrons. The Morgan fingerprint density at radius 3 is 2.72 bits per heavy atom. The molecule has 2 aromatic heterocycles. The minimum Gasteiger partial charge on any atom is -0.380 e. The molecule has 96 valence electrons. The van der Waals surface area contributed by atoms with Gasteiger partial charge in [0.15, 0.2) is 5.69 Å². The Kier molecular flexibility index (Phi) is 3.08. The normalized spacial score (nSPS) is 12.0. The first kappa shape index (κ1) is 12.6. The molecule has 2 heterocycles. The Morgan fingerprint density at radius 1 is 1.39 bits per heavy atom. The number of pyridine rings is 1. The number of aromatic nitrogens is 2. The van der Waals surface area contributed by atoms with Crippen molar-refractivity contribution >= 4 is 5.65 Å². The minimum absolute atomic E-state index is 0.0466. The van der Waals surface area contributed by atoms with Crippen molar-refractivity contribution in [2.45, 2.75) is 12.8 Å². The largest absolute Gasteiger partial charge is 0.433 e. The lowest BCUT2D eigenvalue weighted by molar-refractivity contribution is -0.141. The monoisotopic (exact) mass is 258 g/mol. The van der Waals surface area contributed by atoms with E-state index in [4.69, 9.17) is 4.74 Å². The van der Waals surface area contributed by atoms with E-state index < -0.39 is 17.4 Å². The Balaban J connectivity index is 2.63. The molecule has 18 heavy (non-hydrogen) atoms. The maximum Gasteiger partial charge on any atom is 0.433 e. The van der Waals surface area contributed by atoms with E-state index in [-0.39, 0.29) is 12.3 Å². The summed E-state index contributed by atoms with van der Waals surface area (Å²) in [5.41, 5.74) is -1.33. The average molecular weight is 258 g/mol. The lowest BCUT2D eigenvalue weighted by atomic mass is 10.3. The van der Waals surface area contributed by atoms with E-state index in [0.717, 1.165) is 4.40 Å². The van der Waals surface area contributed by atoms with Crippen LogP contribution in [0.1, 0.15) is 11.3 Å². The zero-order valence-corrected chi connectivity index (χ0v) is 9.36. The molecule has 0 fully saturated rings. The summed E-state index contributed by atoms with van der Waals surface area (Å²) in [5, 5.41) is 0. The van der Waals surface area contributed by atoms with Crippen LogP contribution in [0.2, 0.25) is 0 Å². The Labute approximate surface area is 99.6 Å². The summed E-state index contributed by atoms with van der Waals surface area (Å²) in [6.45, 7) is 0.267. The van der Waals surface area contributed by atoms with Gasteiger partial charge in [-0.15, -0.1) is 0 Å². The molecule has 0 aliphatic heterocycles. The first-order chi connectivity index (χ1) is 8.41. The number of halogens is 3. The summed E-state index contributed by atoms with van der Waals surface area (Å²) >= 11 is 0. The van der Waals surface area contributed by atoms with Gasteiger partial charge in [-0.2, -0.15) is 13.2 Å². The Morgan fingerprint density at radius 2 is 2.11 bits per heavy atom. The maximum absolute atomic E-state index is 12.5. The van der Waals surface area contributed by atoms with Crippen LogP contribution in [0.15, 0.2) is 29.2 Å². The molecule has 2 rings (SSSR count). The quantitative estimate of drug-likeness (QED) is 0.825. The highest BCUT2D eigenvalue weighted by molar-refractivity contribution is 5.40. The number of alkyl halides is 3. The molecular formula is C11H9F3N2O2. The van der Waals surface area contributed by atoms with Gasteiger partial charge in [0.2, 0.25) is 0 Å². The molecule has 0 bridgehead atoms. The van der Waals surface area contributed by atoms with Crippen LogP contribution in [0.3, 0.4) is 0 Å². The number of rotatable bonds is 2. The van der Waals surface area contributed by atoms with Gasteiger partial charge in [0.05, 0.1) is 6.61 Å². The first-order valence-corrected chi connectivity index (χ1v) is 5.00. The van der Waals surface area contributed by atoms with Crippen molar-refractivity contribution in [1.29, 1.82) is 0 Å². The zero-order chi connectivity index (χ0) is 13.3. The summed E-state index contributed by atoms with van der Waals surface area (Å²) in [4.78, 5) is 15.0.